The van der Waals surface area contributed by atoms with Crippen LogP contribution in [0.25, 0.3) is 0 Å². The van der Waals surface area contributed by atoms with Crippen molar-refractivity contribution >= 4 is 28.3 Å². The molecule has 2 amide bonds. The Balaban J connectivity index is 1.84. The molecule has 18 heavy (non-hydrogen) atoms. The number of nitrogens with one attached hydrogen (secondary N) is 2. The number of anilines is 1. The second-order valence-electron chi connectivity index (χ2n) is 4.17. The molecule has 0 aliphatic heterocycles. The maximum Gasteiger partial charge on any atom is 0.294 e. The lowest BCUT2D eigenvalue weighted by Crippen LogP contribution is -2.28. The van der Waals surface area contributed by atoms with Gasteiger partial charge in [0.15, 0.2) is 5.13 Å². The summed E-state index contributed by atoms with van der Waals surface area (Å²) in [7, 11) is 0. The molecule has 1 aromatic rings. The van der Waals surface area contributed by atoms with Crippen LogP contribution in [0.3, 0.4) is 0 Å². The molecular weight excluding hydrogens is 254 g/mol. The maximum absolute atomic E-state index is 11.7. The van der Waals surface area contributed by atoms with Crippen molar-refractivity contribution < 1.29 is 14.4 Å². The van der Waals surface area contributed by atoms with Crippen molar-refractivity contribution in [3.05, 3.63) is 11.1 Å². The molecule has 1 saturated carbocycles. The molecule has 1 aliphatic rings. The number of rotatable bonds is 4. The highest BCUT2D eigenvalue weighted by molar-refractivity contribution is 7.14. The van der Waals surface area contributed by atoms with Crippen LogP contribution >= 0.6 is 11.3 Å². The van der Waals surface area contributed by atoms with Gasteiger partial charge in [0.05, 0.1) is 6.10 Å². The highest BCUT2D eigenvalue weighted by atomic mass is 32.1. The van der Waals surface area contributed by atoms with Gasteiger partial charge in [-0.25, -0.2) is 10.5 Å². The monoisotopic (exact) mass is 269 g/mol. The molecule has 2 N–H and O–H groups in total. The van der Waals surface area contributed by atoms with Gasteiger partial charge < -0.3 is 5.32 Å². The lowest BCUT2D eigenvalue weighted by Gasteiger charge is -2.09. The van der Waals surface area contributed by atoms with Gasteiger partial charge in [-0.1, -0.05) is 12.8 Å². The van der Waals surface area contributed by atoms with Crippen LogP contribution < -0.4 is 10.8 Å². The van der Waals surface area contributed by atoms with E-state index in [2.05, 4.69) is 15.8 Å². The first kappa shape index (κ1) is 13.0. The summed E-state index contributed by atoms with van der Waals surface area (Å²) in [5.41, 5.74) is 2.65. The normalized spacial score (nSPS) is 15.6. The van der Waals surface area contributed by atoms with E-state index in [0.717, 1.165) is 25.7 Å². The third kappa shape index (κ3) is 3.51. The number of carbonyl (C=O) groups is 2. The van der Waals surface area contributed by atoms with Gasteiger partial charge in [-0.2, -0.15) is 0 Å². The molecule has 98 valence electrons. The zero-order chi connectivity index (χ0) is 13.0. The van der Waals surface area contributed by atoms with Crippen molar-refractivity contribution in [3.8, 4) is 0 Å². The molecule has 0 atom stereocenters. The summed E-state index contributed by atoms with van der Waals surface area (Å²) >= 11 is 1.20. The van der Waals surface area contributed by atoms with E-state index < -0.39 is 0 Å². The second kappa shape index (κ2) is 5.92. The number of carbonyl (C=O) groups excluding carboxylic acids is 2. The molecule has 1 heterocycles. The van der Waals surface area contributed by atoms with Crippen LogP contribution in [-0.4, -0.2) is 22.9 Å². The van der Waals surface area contributed by atoms with Crippen molar-refractivity contribution in [3.63, 3.8) is 0 Å². The minimum absolute atomic E-state index is 0.113. The first-order valence-electron chi connectivity index (χ1n) is 5.84. The molecule has 7 heteroatoms. The topological polar surface area (TPSA) is 80.3 Å². The average Bonchev–Trinajstić information content (AvgIpc) is 2.95. The summed E-state index contributed by atoms with van der Waals surface area (Å²) in [6.45, 7) is 1.39. The minimum Gasteiger partial charge on any atom is -0.302 e. The third-order valence-electron chi connectivity index (χ3n) is 2.64. The van der Waals surface area contributed by atoms with E-state index in [1.807, 2.05) is 0 Å². The average molecular weight is 269 g/mol. The molecule has 0 aromatic carbocycles. The fraction of sp³-hybridized carbons (Fsp3) is 0.545. The van der Waals surface area contributed by atoms with E-state index in [0.29, 0.717) is 5.13 Å². The Kier molecular flexibility index (Phi) is 4.27. The Morgan fingerprint density at radius 3 is 2.83 bits per heavy atom. The Morgan fingerprint density at radius 1 is 1.44 bits per heavy atom. The molecule has 1 aromatic heterocycles. The number of hydrogen-bond donors (Lipinski definition) is 2. The molecule has 1 aliphatic carbocycles. The molecule has 0 bridgehead atoms. The van der Waals surface area contributed by atoms with Gasteiger partial charge >= 0.3 is 0 Å². The lowest BCUT2D eigenvalue weighted by molar-refractivity contribution is -0.114. The van der Waals surface area contributed by atoms with E-state index in [1.54, 1.807) is 5.38 Å². The second-order valence-corrected chi connectivity index (χ2v) is 5.03. The highest BCUT2D eigenvalue weighted by Crippen LogP contribution is 2.20. The van der Waals surface area contributed by atoms with E-state index in [-0.39, 0.29) is 23.6 Å². The van der Waals surface area contributed by atoms with Gasteiger partial charge in [0.25, 0.3) is 5.91 Å². The van der Waals surface area contributed by atoms with E-state index >= 15 is 0 Å². The SMILES string of the molecule is CC(=O)Nc1nc(C(=O)NOC2CCCC2)cs1. The van der Waals surface area contributed by atoms with Crippen molar-refractivity contribution in [2.45, 2.75) is 38.7 Å². The summed E-state index contributed by atoms with van der Waals surface area (Å²) in [5.74, 6) is -0.590. The standard InChI is InChI=1S/C11H15N3O3S/c1-7(15)12-11-13-9(6-18-11)10(16)14-17-8-4-2-3-5-8/h6,8H,2-5H2,1H3,(H,14,16)(H,12,13,15). The maximum atomic E-state index is 11.7. The summed E-state index contributed by atoms with van der Waals surface area (Å²) in [5, 5.41) is 4.52. The largest absolute Gasteiger partial charge is 0.302 e. The van der Waals surface area contributed by atoms with Gasteiger partial charge in [0, 0.05) is 12.3 Å². The fourth-order valence-corrected chi connectivity index (χ4v) is 2.52. The first-order valence-corrected chi connectivity index (χ1v) is 6.72. The predicted octanol–water partition coefficient (Wildman–Crippen LogP) is 1.71. The minimum atomic E-state index is -0.380. The number of hydroxylamine groups is 1. The Morgan fingerprint density at radius 2 is 2.17 bits per heavy atom. The van der Waals surface area contributed by atoms with Crippen LogP contribution in [0.2, 0.25) is 0 Å². The number of thiazole rings is 1. The summed E-state index contributed by atoms with van der Waals surface area (Å²) < 4.78 is 0. The number of hydrogen-bond acceptors (Lipinski definition) is 5. The van der Waals surface area contributed by atoms with Gasteiger partial charge in [0.2, 0.25) is 5.91 Å². The molecule has 6 nitrogen and oxygen atoms in total. The van der Waals surface area contributed by atoms with Gasteiger partial charge in [0.1, 0.15) is 5.69 Å². The molecule has 2 rings (SSSR count). The van der Waals surface area contributed by atoms with E-state index in [4.69, 9.17) is 4.84 Å². The quantitative estimate of drug-likeness (QED) is 0.815. The summed E-state index contributed by atoms with van der Waals surface area (Å²) in [6, 6.07) is 0. The molecule has 1 fully saturated rings. The van der Waals surface area contributed by atoms with Gasteiger partial charge in [-0.15, -0.1) is 11.3 Å². The first-order chi connectivity index (χ1) is 8.65. The smallest absolute Gasteiger partial charge is 0.294 e. The predicted molar refractivity (Wildman–Crippen MR) is 67.2 cm³/mol. The molecule has 0 radical (unpaired) electrons. The molecule has 0 spiro atoms. The van der Waals surface area contributed by atoms with Crippen molar-refractivity contribution in [1.82, 2.24) is 10.5 Å². The summed E-state index contributed by atoms with van der Waals surface area (Å²) in [4.78, 5) is 31.8. The lowest BCUT2D eigenvalue weighted by atomic mass is 10.3. The van der Waals surface area contributed by atoms with Crippen LogP contribution in [0, 0.1) is 0 Å². The van der Waals surface area contributed by atoms with Crippen LogP contribution in [0.4, 0.5) is 5.13 Å². The zero-order valence-electron chi connectivity index (χ0n) is 10.1. The Hall–Kier alpha value is -1.47. The third-order valence-corrected chi connectivity index (χ3v) is 3.40. The number of aromatic nitrogens is 1. The van der Waals surface area contributed by atoms with Crippen LogP contribution in [0.5, 0.6) is 0 Å². The summed E-state index contributed by atoms with van der Waals surface area (Å²) in [6.07, 6.45) is 4.36. The van der Waals surface area contributed by atoms with Gasteiger partial charge in [-0.05, 0) is 12.8 Å². The fourth-order valence-electron chi connectivity index (χ4n) is 1.78. The van der Waals surface area contributed by atoms with E-state index in [1.165, 1.54) is 18.3 Å². The van der Waals surface area contributed by atoms with Crippen LogP contribution in [0.15, 0.2) is 5.38 Å². The van der Waals surface area contributed by atoms with Crippen LogP contribution in [-0.2, 0) is 9.63 Å². The number of nitrogens with zero attached hydrogens (tertiary/aromatic N) is 1. The van der Waals surface area contributed by atoms with Crippen molar-refractivity contribution in [1.29, 1.82) is 0 Å². The van der Waals surface area contributed by atoms with Crippen LogP contribution in [0.1, 0.15) is 43.1 Å². The van der Waals surface area contributed by atoms with E-state index in [9.17, 15) is 9.59 Å². The number of amides is 2. The Bertz CT molecular complexity index is 440. The molecule has 0 saturated heterocycles. The van der Waals surface area contributed by atoms with Gasteiger partial charge in [-0.3, -0.25) is 14.4 Å². The molecular formula is C11H15N3O3S. The highest BCUT2D eigenvalue weighted by Gasteiger charge is 2.18. The van der Waals surface area contributed by atoms with Crippen molar-refractivity contribution in [2.75, 3.05) is 5.32 Å². The zero-order valence-corrected chi connectivity index (χ0v) is 10.9. The van der Waals surface area contributed by atoms with Crippen molar-refractivity contribution in [2.24, 2.45) is 0 Å². The Labute approximate surface area is 109 Å². The molecule has 0 unspecified atom stereocenters.